The number of nitrogens with one attached hydrogen (secondary N) is 2. The molecule has 0 aromatic heterocycles. The molecule has 4 N–H and O–H groups in total. The molecule has 18 heavy (non-hydrogen) atoms. The summed E-state index contributed by atoms with van der Waals surface area (Å²) in [4.78, 5) is 11.1. The van der Waals surface area contributed by atoms with E-state index in [-0.39, 0.29) is 30.6 Å². The van der Waals surface area contributed by atoms with Crippen molar-refractivity contribution in [2.24, 2.45) is 11.7 Å². The number of carbonyl (C=O) groups excluding carboxylic acids is 1. The summed E-state index contributed by atoms with van der Waals surface area (Å²) in [5, 5.41) is 2.47. The Balaban J connectivity index is 0.00000289. The van der Waals surface area contributed by atoms with Crippen molar-refractivity contribution < 1.29 is 13.2 Å². The highest BCUT2D eigenvalue weighted by Gasteiger charge is 2.20. The van der Waals surface area contributed by atoms with Gasteiger partial charge in [-0.25, -0.2) is 13.1 Å². The summed E-state index contributed by atoms with van der Waals surface area (Å²) >= 11 is 0. The lowest BCUT2D eigenvalue weighted by atomic mass is 9.86. The number of halogens is 1. The Bertz CT molecular complexity index is 355. The van der Waals surface area contributed by atoms with E-state index in [1.165, 1.54) is 6.42 Å². The summed E-state index contributed by atoms with van der Waals surface area (Å²) in [6.45, 7) is 2.17. The molecule has 1 atom stereocenters. The summed E-state index contributed by atoms with van der Waals surface area (Å²) in [6.07, 6.45) is 3.39. The summed E-state index contributed by atoms with van der Waals surface area (Å²) in [5.74, 6) is 0.0562. The normalized spacial score (nSPS) is 17.4. The molecule has 1 aliphatic carbocycles. The smallest absolute Gasteiger partial charge is 0.236 e. The van der Waals surface area contributed by atoms with Crippen molar-refractivity contribution in [1.29, 1.82) is 0 Å². The molecule has 1 amide bonds. The second-order valence-electron chi connectivity index (χ2n) is 4.54. The summed E-state index contributed by atoms with van der Waals surface area (Å²) < 4.78 is 25.6. The van der Waals surface area contributed by atoms with Gasteiger partial charge in [-0.1, -0.05) is 6.42 Å². The summed E-state index contributed by atoms with van der Waals surface area (Å²) in [6, 6.07) is -0.611. The Morgan fingerprint density at radius 3 is 2.50 bits per heavy atom. The van der Waals surface area contributed by atoms with Crippen LogP contribution in [0.5, 0.6) is 0 Å². The fourth-order valence-electron chi connectivity index (χ4n) is 1.48. The van der Waals surface area contributed by atoms with Gasteiger partial charge in [-0.2, -0.15) is 0 Å². The van der Waals surface area contributed by atoms with Crippen LogP contribution in [0, 0.1) is 5.92 Å². The molecule has 0 saturated heterocycles. The molecule has 0 aliphatic heterocycles. The second-order valence-corrected chi connectivity index (χ2v) is 6.47. The van der Waals surface area contributed by atoms with Gasteiger partial charge in [0.2, 0.25) is 15.9 Å². The van der Waals surface area contributed by atoms with Crippen LogP contribution in [0.1, 0.15) is 26.2 Å². The molecule has 1 fully saturated rings. The van der Waals surface area contributed by atoms with Crippen LogP contribution < -0.4 is 15.8 Å². The lowest BCUT2D eigenvalue weighted by Crippen LogP contribution is -2.42. The average Bonchev–Trinajstić information content (AvgIpc) is 2.14. The van der Waals surface area contributed by atoms with Gasteiger partial charge in [0.1, 0.15) is 0 Å². The number of carbonyl (C=O) groups is 1. The SMILES string of the molecule is C[C@@H](N)C(=O)NCCS(=O)(=O)NCC1CCC1.Cl. The van der Waals surface area contributed by atoms with Crippen LogP contribution in [0.25, 0.3) is 0 Å². The van der Waals surface area contributed by atoms with E-state index in [1.807, 2.05) is 0 Å². The topological polar surface area (TPSA) is 101 Å². The summed E-state index contributed by atoms with van der Waals surface area (Å²) in [7, 11) is -3.28. The quantitative estimate of drug-likeness (QED) is 0.595. The van der Waals surface area contributed by atoms with Crippen molar-refractivity contribution in [3.63, 3.8) is 0 Å². The van der Waals surface area contributed by atoms with Crippen LogP contribution in [-0.4, -0.2) is 39.2 Å². The highest BCUT2D eigenvalue weighted by molar-refractivity contribution is 7.89. The van der Waals surface area contributed by atoms with Crippen molar-refractivity contribution in [2.75, 3.05) is 18.8 Å². The minimum absolute atomic E-state index is 0. The maximum absolute atomic E-state index is 11.5. The van der Waals surface area contributed by atoms with Crippen LogP contribution in [0.15, 0.2) is 0 Å². The van der Waals surface area contributed by atoms with Crippen molar-refractivity contribution >= 4 is 28.3 Å². The van der Waals surface area contributed by atoms with Gasteiger partial charge in [-0.3, -0.25) is 4.79 Å². The first kappa shape index (κ1) is 17.6. The zero-order valence-electron chi connectivity index (χ0n) is 10.5. The van der Waals surface area contributed by atoms with Crippen molar-refractivity contribution in [2.45, 2.75) is 32.2 Å². The van der Waals surface area contributed by atoms with Gasteiger partial charge in [0, 0.05) is 13.1 Å². The standard InChI is InChI=1S/C10H21N3O3S.ClH/c1-8(11)10(14)12-5-6-17(15,16)13-7-9-3-2-4-9;/h8-9,13H,2-7,11H2,1H3,(H,12,14);1H/t8-;/m1./s1. The number of sulfonamides is 1. The zero-order valence-corrected chi connectivity index (χ0v) is 12.1. The maximum atomic E-state index is 11.5. The zero-order chi connectivity index (χ0) is 12.9. The van der Waals surface area contributed by atoms with E-state index in [2.05, 4.69) is 10.0 Å². The first-order chi connectivity index (χ1) is 7.91. The van der Waals surface area contributed by atoms with E-state index in [0.717, 1.165) is 12.8 Å². The van der Waals surface area contributed by atoms with Crippen molar-refractivity contribution in [3.8, 4) is 0 Å². The van der Waals surface area contributed by atoms with Gasteiger partial charge in [0.15, 0.2) is 0 Å². The van der Waals surface area contributed by atoms with Crippen LogP contribution in [0.3, 0.4) is 0 Å². The number of hydrogen-bond acceptors (Lipinski definition) is 4. The molecule has 6 nitrogen and oxygen atoms in total. The van der Waals surface area contributed by atoms with Crippen molar-refractivity contribution in [3.05, 3.63) is 0 Å². The molecule has 0 spiro atoms. The molecule has 0 aromatic carbocycles. The minimum atomic E-state index is -3.28. The fraction of sp³-hybridized carbons (Fsp3) is 0.900. The molecule has 1 rings (SSSR count). The Kier molecular flexibility index (Phi) is 7.77. The Labute approximate surface area is 115 Å². The highest BCUT2D eigenvalue weighted by Crippen LogP contribution is 2.25. The molecule has 0 unspecified atom stereocenters. The maximum Gasteiger partial charge on any atom is 0.236 e. The molecular formula is C10H22ClN3O3S. The molecule has 0 aromatic rings. The molecule has 1 saturated carbocycles. The fourth-order valence-corrected chi connectivity index (χ4v) is 2.49. The largest absolute Gasteiger partial charge is 0.354 e. The molecular weight excluding hydrogens is 278 g/mol. The monoisotopic (exact) mass is 299 g/mol. The third-order valence-electron chi connectivity index (χ3n) is 2.90. The molecule has 8 heteroatoms. The van der Waals surface area contributed by atoms with Crippen LogP contribution in [0.2, 0.25) is 0 Å². The summed E-state index contributed by atoms with van der Waals surface area (Å²) in [5.41, 5.74) is 5.33. The van der Waals surface area contributed by atoms with Gasteiger partial charge in [-0.05, 0) is 25.7 Å². The lowest BCUT2D eigenvalue weighted by molar-refractivity contribution is -0.121. The number of hydrogen-bond donors (Lipinski definition) is 3. The minimum Gasteiger partial charge on any atom is -0.354 e. The first-order valence-corrected chi connectivity index (χ1v) is 7.56. The van der Waals surface area contributed by atoms with Crippen LogP contribution in [0.4, 0.5) is 0 Å². The highest BCUT2D eigenvalue weighted by atomic mass is 35.5. The Morgan fingerprint density at radius 2 is 2.06 bits per heavy atom. The predicted molar refractivity (Wildman–Crippen MR) is 73.0 cm³/mol. The molecule has 0 radical (unpaired) electrons. The van der Waals surface area contributed by atoms with E-state index < -0.39 is 16.1 Å². The van der Waals surface area contributed by atoms with Gasteiger partial charge in [0.25, 0.3) is 0 Å². The average molecular weight is 300 g/mol. The Hall–Kier alpha value is -0.370. The number of amides is 1. The number of rotatable bonds is 7. The van der Waals surface area contributed by atoms with E-state index in [1.54, 1.807) is 6.92 Å². The van der Waals surface area contributed by atoms with E-state index in [9.17, 15) is 13.2 Å². The van der Waals surface area contributed by atoms with Gasteiger partial charge in [0.05, 0.1) is 11.8 Å². The van der Waals surface area contributed by atoms with Gasteiger partial charge >= 0.3 is 0 Å². The lowest BCUT2D eigenvalue weighted by Gasteiger charge is -2.25. The van der Waals surface area contributed by atoms with Gasteiger partial charge < -0.3 is 11.1 Å². The van der Waals surface area contributed by atoms with E-state index in [0.29, 0.717) is 12.5 Å². The van der Waals surface area contributed by atoms with E-state index in [4.69, 9.17) is 5.73 Å². The van der Waals surface area contributed by atoms with E-state index >= 15 is 0 Å². The second kappa shape index (κ2) is 7.93. The van der Waals surface area contributed by atoms with Gasteiger partial charge in [-0.15, -0.1) is 12.4 Å². The number of nitrogens with two attached hydrogens (primary N) is 1. The molecule has 0 bridgehead atoms. The van der Waals surface area contributed by atoms with Crippen molar-refractivity contribution in [1.82, 2.24) is 10.0 Å². The molecule has 108 valence electrons. The van der Waals surface area contributed by atoms with Crippen LogP contribution in [-0.2, 0) is 14.8 Å². The third kappa shape index (κ3) is 6.53. The molecule has 1 aliphatic rings. The van der Waals surface area contributed by atoms with Crippen LogP contribution >= 0.6 is 12.4 Å². The Morgan fingerprint density at radius 1 is 1.44 bits per heavy atom. The molecule has 0 heterocycles. The third-order valence-corrected chi connectivity index (χ3v) is 4.25. The first-order valence-electron chi connectivity index (χ1n) is 5.91. The predicted octanol–water partition coefficient (Wildman–Crippen LogP) is -0.409.